The predicted molar refractivity (Wildman–Crippen MR) is 60.5 cm³/mol. The molecule has 3 nitrogen and oxygen atoms in total. The molecule has 0 aromatic carbocycles. The molecule has 0 aliphatic carbocycles. The zero-order chi connectivity index (χ0) is 10.6. The van der Waals surface area contributed by atoms with Crippen molar-refractivity contribution in [2.75, 3.05) is 6.61 Å². The molecule has 0 atom stereocenters. The SMILES string of the molecule is CC(C)COc1ccc(C(N)=S)nc1. The van der Waals surface area contributed by atoms with Crippen LogP contribution in [-0.2, 0) is 0 Å². The third-order valence-electron chi connectivity index (χ3n) is 1.57. The van der Waals surface area contributed by atoms with Gasteiger partial charge in [-0.15, -0.1) is 0 Å². The molecule has 1 aromatic rings. The van der Waals surface area contributed by atoms with Crippen molar-refractivity contribution in [3.05, 3.63) is 24.0 Å². The maximum Gasteiger partial charge on any atom is 0.137 e. The molecule has 0 bridgehead atoms. The van der Waals surface area contributed by atoms with Crippen LogP contribution in [0.15, 0.2) is 18.3 Å². The Balaban J connectivity index is 2.60. The highest BCUT2D eigenvalue weighted by Crippen LogP contribution is 2.10. The highest BCUT2D eigenvalue weighted by Gasteiger charge is 2.00. The summed E-state index contributed by atoms with van der Waals surface area (Å²) in [5, 5.41) is 0. The van der Waals surface area contributed by atoms with E-state index in [-0.39, 0.29) is 0 Å². The predicted octanol–water partition coefficient (Wildman–Crippen LogP) is 1.75. The van der Waals surface area contributed by atoms with E-state index in [1.165, 1.54) is 0 Å². The molecule has 76 valence electrons. The second-order valence-corrected chi connectivity index (χ2v) is 3.89. The highest BCUT2D eigenvalue weighted by atomic mass is 32.1. The van der Waals surface area contributed by atoms with Crippen molar-refractivity contribution in [2.24, 2.45) is 11.7 Å². The van der Waals surface area contributed by atoms with Gasteiger partial charge in [-0.1, -0.05) is 26.1 Å². The van der Waals surface area contributed by atoms with E-state index in [1.54, 1.807) is 12.3 Å². The molecule has 0 aliphatic rings. The molecule has 4 heteroatoms. The van der Waals surface area contributed by atoms with Crippen LogP contribution in [0.25, 0.3) is 0 Å². The first-order valence-electron chi connectivity index (χ1n) is 4.48. The summed E-state index contributed by atoms with van der Waals surface area (Å²) in [6.45, 7) is 4.88. The second-order valence-electron chi connectivity index (χ2n) is 3.45. The number of aromatic nitrogens is 1. The van der Waals surface area contributed by atoms with Crippen LogP contribution in [0.3, 0.4) is 0 Å². The standard InChI is InChI=1S/C10H14N2OS/c1-7(2)6-13-8-3-4-9(10(11)14)12-5-8/h3-5,7H,6H2,1-2H3,(H2,11,14). The van der Waals surface area contributed by atoms with Crippen LogP contribution in [-0.4, -0.2) is 16.6 Å². The smallest absolute Gasteiger partial charge is 0.137 e. The van der Waals surface area contributed by atoms with E-state index in [0.717, 1.165) is 5.75 Å². The number of pyridine rings is 1. The number of nitrogens with zero attached hydrogens (tertiary/aromatic N) is 1. The summed E-state index contributed by atoms with van der Waals surface area (Å²) in [6, 6.07) is 3.59. The van der Waals surface area contributed by atoms with E-state index in [2.05, 4.69) is 18.8 Å². The minimum atomic E-state index is 0.306. The lowest BCUT2D eigenvalue weighted by Gasteiger charge is -2.08. The van der Waals surface area contributed by atoms with Crippen molar-refractivity contribution in [3.63, 3.8) is 0 Å². The first kappa shape index (κ1) is 10.9. The molecule has 0 aliphatic heterocycles. The number of nitrogens with two attached hydrogens (primary N) is 1. The number of thiocarbonyl (C=S) groups is 1. The Bertz CT molecular complexity index is 308. The molecule has 1 rings (SSSR count). The van der Waals surface area contributed by atoms with Crippen molar-refractivity contribution in [1.29, 1.82) is 0 Å². The van der Waals surface area contributed by atoms with E-state index in [1.807, 2.05) is 6.07 Å². The number of rotatable bonds is 4. The van der Waals surface area contributed by atoms with Crippen molar-refractivity contribution in [3.8, 4) is 5.75 Å². The molecular weight excluding hydrogens is 196 g/mol. The zero-order valence-corrected chi connectivity index (χ0v) is 9.17. The van der Waals surface area contributed by atoms with Crippen LogP contribution in [0.4, 0.5) is 0 Å². The van der Waals surface area contributed by atoms with Crippen molar-refractivity contribution >= 4 is 17.2 Å². The molecule has 0 amide bonds. The van der Waals surface area contributed by atoms with Crippen molar-refractivity contribution in [2.45, 2.75) is 13.8 Å². The van der Waals surface area contributed by atoms with Crippen LogP contribution < -0.4 is 10.5 Å². The summed E-state index contributed by atoms with van der Waals surface area (Å²) in [5.74, 6) is 1.25. The maximum atomic E-state index is 5.46. The third-order valence-corrected chi connectivity index (χ3v) is 1.78. The fraction of sp³-hybridized carbons (Fsp3) is 0.400. The molecular formula is C10H14N2OS. The van der Waals surface area contributed by atoms with Crippen molar-refractivity contribution in [1.82, 2.24) is 4.98 Å². The fourth-order valence-corrected chi connectivity index (χ4v) is 0.995. The minimum Gasteiger partial charge on any atom is -0.492 e. The number of hydrogen-bond acceptors (Lipinski definition) is 3. The molecule has 0 fully saturated rings. The molecule has 0 spiro atoms. The van der Waals surface area contributed by atoms with E-state index >= 15 is 0 Å². The van der Waals surface area contributed by atoms with Gasteiger partial charge in [0.15, 0.2) is 0 Å². The molecule has 1 heterocycles. The Labute approximate surface area is 89.3 Å². The normalized spacial score (nSPS) is 10.2. The zero-order valence-electron chi connectivity index (χ0n) is 8.36. The number of hydrogen-bond donors (Lipinski definition) is 1. The van der Waals surface area contributed by atoms with E-state index in [4.69, 9.17) is 22.7 Å². The van der Waals surface area contributed by atoms with Gasteiger partial charge in [0.1, 0.15) is 10.7 Å². The molecule has 0 radical (unpaired) electrons. The third kappa shape index (κ3) is 3.30. The molecule has 0 unspecified atom stereocenters. The van der Waals surface area contributed by atoms with Gasteiger partial charge in [-0.3, -0.25) is 0 Å². The first-order valence-corrected chi connectivity index (χ1v) is 4.89. The summed E-state index contributed by atoms with van der Waals surface area (Å²) < 4.78 is 5.46. The molecule has 1 aromatic heterocycles. The topological polar surface area (TPSA) is 48.1 Å². The summed E-state index contributed by atoms with van der Waals surface area (Å²) in [4.78, 5) is 4.37. The van der Waals surface area contributed by atoms with Crippen LogP contribution >= 0.6 is 12.2 Å². The number of ether oxygens (including phenoxy) is 1. The maximum absolute atomic E-state index is 5.46. The lowest BCUT2D eigenvalue weighted by Crippen LogP contribution is -2.11. The van der Waals surface area contributed by atoms with Crippen LogP contribution in [0.2, 0.25) is 0 Å². The minimum absolute atomic E-state index is 0.306. The summed E-state index contributed by atoms with van der Waals surface area (Å²) >= 11 is 4.79. The van der Waals surface area contributed by atoms with Crippen LogP contribution in [0.1, 0.15) is 19.5 Å². The summed E-state index contributed by atoms with van der Waals surface area (Å²) in [6.07, 6.45) is 1.64. The first-order chi connectivity index (χ1) is 6.59. The Morgan fingerprint density at radius 1 is 1.57 bits per heavy atom. The highest BCUT2D eigenvalue weighted by molar-refractivity contribution is 7.80. The van der Waals surface area contributed by atoms with Gasteiger partial charge in [-0.05, 0) is 18.1 Å². The van der Waals surface area contributed by atoms with Gasteiger partial charge in [0.25, 0.3) is 0 Å². The second kappa shape index (κ2) is 4.91. The molecule has 0 saturated heterocycles. The van der Waals surface area contributed by atoms with Gasteiger partial charge in [0, 0.05) is 0 Å². The average molecular weight is 210 g/mol. The summed E-state index contributed by atoms with van der Waals surface area (Å²) in [5.41, 5.74) is 6.04. The van der Waals surface area contributed by atoms with Crippen LogP contribution in [0.5, 0.6) is 5.75 Å². The lowest BCUT2D eigenvalue weighted by molar-refractivity contribution is 0.270. The quantitative estimate of drug-likeness (QED) is 0.769. The van der Waals surface area contributed by atoms with Crippen LogP contribution in [0, 0.1) is 5.92 Å². The Hall–Kier alpha value is -1.16. The Kier molecular flexibility index (Phi) is 3.83. The van der Waals surface area contributed by atoms with Gasteiger partial charge in [-0.2, -0.15) is 0 Å². The Morgan fingerprint density at radius 2 is 2.29 bits per heavy atom. The van der Waals surface area contributed by atoms with Gasteiger partial charge < -0.3 is 10.5 Å². The largest absolute Gasteiger partial charge is 0.492 e. The Morgan fingerprint density at radius 3 is 2.71 bits per heavy atom. The fourth-order valence-electron chi connectivity index (χ4n) is 0.874. The van der Waals surface area contributed by atoms with E-state index < -0.39 is 0 Å². The summed E-state index contributed by atoms with van der Waals surface area (Å²) in [7, 11) is 0. The van der Waals surface area contributed by atoms with Gasteiger partial charge in [-0.25, -0.2) is 4.98 Å². The van der Waals surface area contributed by atoms with Gasteiger partial charge >= 0.3 is 0 Å². The average Bonchev–Trinajstić information content (AvgIpc) is 2.15. The van der Waals surface area contributed by atoms with E-state index in [0.29, 0.717) is 23.2 Å². The lowest BCUT2D eigenvalue weighted by atomic mass is 10.2. The van der Waals surface area contributed by atoms with Crippen molar-refractivity contribution < 1.29 is 4.74 Å². The molecule has 2 N–H and O–H groups in total. The van der Waals surface area contributed by atoms with E-state index in [9.17, 15) is 0 Å². The van der Waals surface area contributed by atoms with Gasteiger partial charge in [0.05, 0.1) is 18.5 Å². The monoisotopic (exact) mass is 210 g/mol. The molecule has 14 heavy (non-hydrogen) atoms. The van der Waals surface area contributed by atoms with Gasteiger partial charge in [0.2, 0.25) is 0 Å². The molecule has 0 saturated carbocycles.